The van der Waals surface area contributed by atoms with Crippen LogP contribution in [0, 0.1) is 0 Å². The number of ether oxygens (including phenoxy) is 2. The monoisotopic (exact) mass is 400 g/mol. The molecule has 5 rings (SSSR count). The maximum atomic E-state index is 12.5. The van der Waals surface area contributed by atoms with Crippen molar-refractivity contribution in [2.45, 2.75) is 43.7 Å². The third kappa shape index (κ3) is 3.24. The Kier molecular flexibility index (Phi) is 4.47. The fraction of sp³-hybridized carbons (Fsp3) is 0.550. The topological polar surface area (TPSA) is 76.6 Å². The maximum absolute atomic E-state index is 12.5. The number of thiophene rings is 1. The number of piperidine rings is 1. The van der Waals surface area contributed by atoms with Crippen LogP contribution in [0.5, 0.6) is 5.88 Å². The number of fused-ring (bicyclic) bond motifs is 2. The van der Waals surface area contributed by atoms with E-state index >= 15 is 0 Å². The minimum absolute atomic E-state index is 0.0688. The van der Waals surface area contributed by atoms with Crippen LogP contribution in [0.4, 0.5) is 5.95 Å². The predicted molar refractivity (Wildman–Crippen MR) is 106 cm³/mol. The van der Waals surface area contributed by atoms with Crippen LogP contribution in [-0.4, -0.2) is 48.7 Å². The lowest BCUT2D eigenvalue weighted by Crippen LogP contribution is -2.46. The fourth-order valence-corrected chi connectivity index (χ4v) is 5.23. The highest BCUT2D eigenvalue weighted by molar-refractivity contribution is 7.14. The van der Waals surface area contributed by atoms with Gasteiger partial charge in [0.25, 0.3) is 5.91 Å². The molecule has 0 unspecified atom stereocenters. The first kappa shape index (κ1) is 17.9. The van der Waals surface area contributed by atoms with Gasteiger partial charge >= 0.3 is 0 Å². The molecule has 2 aromatic heterocycles. The Labute approximate surface area is 168 Å². The minimum Gasteiger partial charge on any atom is -0.481 e. The normalized spacial score (nSPS) is 20.7. The molecular formula is C20H24N4O3S. The number of rotatable bonds is 4. The number of carbonyl (C=O) groups excluding carboxylic acids is 1. The number of nitrogens with one attached hydrogen (secondary N) is 1. The molecule has 0 aromatic carbocycles. The van der Waals surface area contributed by atoms with Crippen LogP contribution in [0.1, 0.15) is 45.8 Å². The van der Waals surface area contributed by atoms with E-state index in [1.807, 2.05) is 0 Å². The van der Waals surface area contributed by atoms with Gasteiger partial charge < -0.3 is 19.7 Å². The highest BCUT2D eigenvalue weighted by atomic mass is 32.1. The van der Waals surface area contributed by atoms with Gasteiger partial charge in [-0.05, 0) is 37.3 Å². The zero-order chi connectivity index (χ0) is 19.1. The smallest absolute Gasteiger partial charge is 0.261 e. The molecule has 28 heavy (non-hydrogen) atoms. The summed E-state index contributed by atoms with van der Waals surface area (Å²) in [4.78, 5) is 25.7. The summed E-state index contributed by atoms with van der Waals surface area (Å²) >= 11 is 1.64. The maximum Gasteiger partial charge on any atom is 0.261 e. The second-order valence-corrected chi connectivity index (χ2v) is 8.81. The Morgan fingerprint density at radius 3 is 2.96 bits per heavy atom. The van der Waals surface area contributed by atoms with E-state index in [4.69, 9.17) is 9.47 Å². The van der Waals surface area contributed by atoms with Gasteiger partial charge in [0.05, 0.1) is 24.2 Å². The van der Waals surface area contributed by atoms with Gasteiger partial charge in [-0.3, -0.25) is 4.79 Å². The molecule has 2 aliphatic heterocycles. The molecule has 8 heteroatoms. The van der Waals surface area contributed by atoms with Crippen molar-refractivity contribution in [2.75, 3.05) is 31.7 Å². The molecule has 1 amide bonds. The Balaban J connectivity index is 1.34. The van der Waals surface area contributed by atoms with E-state index in [1.54, 1.807) is 30.7 Å². The summed E-state index contributed by atoms with van der Waals surface area (Å²) in [6.07, 6.45) is 6.55. The molecule has 0 atom stereocenters. The van der Waals surface area contributed by atoms with Gasteiger partial charge in [0.15, 0.2) is 0 Å². The van der Waals surface area contributed by atoms with Crippen molar-refractivity contribution >= 4 is 23.2 Å². The van der Waals surface area contributed by atoms with Gasteiger partial charge in [0.1, 0.15) is 0 Å². The number of nitrogens with zero attached hydrogens (tertiary/aromatic N) is 3. The van der Waals surface area contributed by atoms with Crippen molar-refractivity contribution in [2.24, 2.45) is 0 Å². The summed E-state index contributed by atoms with van der Waals surface area (Å²) < 4.78 is 11.6. The molecule has 7 nitrogen and oxygen atoms in total. The van der Waals surface area contributed by atoms with Crippen molar-refractivity contribution in [1.82, 2.24) is 15.3 Å². The van der Waals surface area contributed by atoms with Crippen molar-refractivity contribution < 1.29 is 14.3 Å². The van der Waals surface area contributed by atoms with Crippen LogP contribution in [0.2, 0.25) is 0 Å². The molecule has 1 N–H and O–H groups in total. The van der Waals surface area contributed by atoms with E-state index < -0.39 is 0 Å². The molecule has 3 aliphatic rings. The SMILES string of the molecule is COc1ccnc(N2CCC3(CC2)OCCc2sc(C(=O)NC4CC4)cc23)n1. The third-order valence-electron chi connectivity index (χ3n) is 5.82. The van der Waals surface area contributed by atoms with Crippen LogP contribution in [0.3, 0.4) is 0 Å². The van der Waals surface area contributed by atoms with E-state index in [-0.39, 0.29) is 11.5 Å². The highest BCUT2D eigenvalue weighted by Gasteiger charge is 2.43. The molecule has 148 valence electrons. The van der Waals surface area contributed by atoms with Crippen LogP contribution in [0.25, 0.3) is 0 Å². The third-order valence-corrected chi connectivity index (χ3v) is 7.02. The standard InChI is InChI=1S/C20H24N4O3S/c1-26-17-4-8-21-19(23-17)24-9-6-20(7-10-24)14-12-16(18(25)22-13-2-3-13)28-15(14)5-11-27-20/h4,8,12-13H,2-3,5-7,9-11H2,1H3,(H,22,25). The molecule has 1 spiro atoms. The zero-order valence-electron chi connectivity index (χ0n) is 15.9. The largest absolute Gasteiger partial charge is 0.481 e. The van der Waals surface area contributed by atoms with E-state index in [0.29, 0.717) is 24.5 Å². The number of anilines is 1. The molecule has 2 fully saturated rings. The first-order valence-corrected chi connectivity index (χ1v) is 10.7. The summed E-state index contributed by atoms with van der Waals surface area (Å²) in [6, 6.07) is 4.21. The van der Waals surface area contributed by atoms with Crippen LogP contribution in [-0.2, 0) is 16.8 Å². The van der Waals surface area contributed by atoms with Crippen LogP contribution >= 0.6 is 11.3 Å². The van der Waals surface area contributed by atoms with Gasteiger partial charge in [-0.2, -0.15) is 4.98 Å². The highest BCUT2D eigenvalue weighted by Crippen LogP contribution is 2.45. The Hall–Kier alpha value is -2.19. The lowest BCUT2D eigenvalue weighted by atomic mass is 9.82. The molecule has 1 saturated heterocycles. The molecule has 0 radical (unpaired) electrons. The lowest BCUT2D eigenvalue weighted by Gasteiger charge is -2.44. The summed E-state index contributed by atoms with van der Waals surface area (Å²) in [5, 5.41) is 3.10. The first-order chi connectivity index (χ1) is 13.7. The summed E-state index contributed by atoms with van der Waals surface area (Å²) in [6.45, 7) is 2.34. The number of methoxy groups -OCH3 is 1. The van der Waals surface area contributed by atoms with Crippen LogP contribution < -0.4 is 15.0 Å². The quantitative estimate of drug-likeness (QED) is 0.850. The summed E-state index contributed by atoms with van der Waals surface area (Å²) in [5.74, 6) is 1.34. The Morgan fingerprint density at radius 2 is 2.21 bits per heavy atom. The van der Waals surface area contributed by atoms with Gasteiger partial charge in [-0.25, -0.2) is 4.98 Å². The summed E-state index contributed by atoms with van der Waals surface area (Å²) in [5.41, 5.74) is 0.924. The number of hydrogen-bond donors (Lipinski definition) is 1. The van der Waals surface area contributed by atoms with Crippen molar-refractivity contribution in [1.29, 1.82) is 0 Å². The molecule has 4 heterocycles. The Bertz CT molecular complexity index is 887. The first-order valence-electron chi connectivity index (χ1n) is 9.87. The van der Waals surface area contributed by atoms with E-state index in [9.17, 15) is 4.79 Å². The summed E-state index contributed by atoms with van der Waals surface area (Å²) in [7, 11) is 1.61. The number of amides is 1. The van der Waals surface area contributed by atoms with Crippen LogP contribution in [0.15, 0.2) is 18.3 Å². The van der Waals surface area contributed by atoms with E-state index in [0.717, 1.165) is 50.1 Å². The minimum atomic E-state index is -0.294. The molecule has 1 saturated carbocycles. The number of hydrogen-bond acceptors (Lipinski definition) is 7. The van der Waals surface area contributed by atoms with E-state index in [1.165, 1.54) is 10.4 Å². The van der Waals surface area contributed by atoms with Gasteiger partial charge in [0.2, 0.25) is 11.8 Å². The predicted octanol–water partition coefficient (Wildman–Crippen LogP) is 2.51. The van der Waals surface area contributed by atoms with Crippen molar-refractivity contribution in [3.63, 3.8) is 0 Å². The van der Waals surface area contributed by atoms with Gasteiger partial charge in [0, 0.05) is 42.7 Å². The number of aromatic nitrogens is 2. The van der Waals surface area contributed by atoms with Gasteiger partial charge in [-0.15, -0.1) is 11.3 Å². The molecule has 1 aliphatic carbocycles. The Morgan fingerprint density at radius 1 is 1.39 bits per heavy atom. The second-order valence-electron chi connectivity index (χ2n) is 7.67. The van der Waals surface area contributed by atoms with Gasteiger partial charge in [-0.1, -0.05) is 0 Å². The molecule has 2 aromatic rings. The number of carbonyl (C=O) groups is 1. The lowest BCUT2D eigenvalue weighted by molar-refractivity contribution is -0.0758. The molecule has 0 bridgehead atoms. The fourth-order valence-electron chi connectivity index (χ4n) is 4.09. The zero-order valence-corrected chi connectivity index (χ0v) is 16.8. The van der Waals surface area contributed by atoms with E-state index in [2.05, 4.69) is 26.3 Å². The molecular weight excluding hydrogens is 376 g/mol. The van der Waals surface area contributed by atoms with Crippen molar-refractivity contribution in [3.8, 4) is 5.88 Å². The second kappa shape index (κ2) is 7.00. The van der Waals surface area contributed by atoms with Crippen molar-refractivity contribution in [3.05, 3.63) is 33.6 Å². The average Bonchev–Trinajstić information content (AvgIpc) is 3.43. The average molecular weight is 401 g/mol.